The van der Waals surface area contributed by atoms with Gasteiger partial charge in [-0.2, -0.15) is 0 Å². The van der Waals surface area contributed by atoms with E-state index in [9.17, 15) is 4.79 Å². The van der Waals surface area contributed by atoms with Gasteiger partial charge in [-0.25, -0.2) is 9.78 Å². The Hall–Kier alpha value is -1.82. The van der Waals surface area contributed by atoms with Crippen LogP contribution in [0.2, 0.25) is 0 Å². The first-order chi connectivity index (χ1) is 9.63. The first kappa shape index (κ1) is 14.6. The van der Waals surface area contributed by atoms with Crippen LogP contribution in [-0.2, 0) is 12.8 Å². The van der Waals surface area contributed by atoms with Crippen molar-refractivity contribution in [3.8, 4) is 0 Å². The van der Waals surface area contributed by atoms with Crippen LogP contribution in [0.5, 0.6) is 0 Å². The monoisotopic (exact) mass is 293 g/mol. The minimum Gasteiger partial charge on any atom is -0.469 e. The number of aryl methyl sites for hydroxylation is 1. The number of carbonyl (C=O) groups is 1. The molecule has 2 aromatic heterocycles. The third-order valence-corrected chi connectivity index (χ3v) is 3.62. The van der Waals surface area contributed by atoms with Gasteiger partial charge in [0.05, 0.1) is 17.0 Å². The summed E-state index contributed by atoms with van der Waals surface area (Å²) in [4.78, 5) is 16.1. The SMILES string of the molecule is Cc1nc(CCNC(=O)NC(C)Cc2ccco2)cs1. The average molecular weight is 293 g/mol. The van der Waals surface area contributed by atoms with Crippen LogP contribution < -0.4 is 10.6 Å². The summed E-state index contributed by atoms with van der Waals surface area (Å²) >= 11 is 1.63. The summed E-state index contributed by atoms with van der Waals surface area (Å²) in [5, 5.41) is 8.79. The quantitative estimate of drug-likeness (QED) is 0.860. The van der Waals surface area contributed by atoms with Gasteiger partial charge in [-0.15, -0.1) is 11.3 Å². The summed E-state index contributed by atoms with van der Waals surface area (Å²) in [5.41, 5.74) is 1.02. The molecule has 0 radical (unpaired) electrons. The van der Waals surface area contributed by atoms with Gasteiger partial charge < -0.3 is 15.1 Å². The van der Waals surface area contributed by atoms with Crippen molar-refractivity contribution >= 4 is 17.4 Å². The molecule has 0 spiro atoms. The summed E-state index contributed by atoms with van der Waals surface area (Å²) in [7, 11) is 0. The second kappa shape index (κ2) is 7.09. The van der Waals surface area contributed by atoms with Crippen molar-refractivity contribution in [2.24, 2.45) is 0 Å². The molecule has 0 aromatic carbocycles. The number of hydrogen-bond acceptors (Lipinski definition) is 4. The lowest BCUT2D eigenvalue weighted by Crippen LogP contribution is -2.42. The molecule has 2 N–H and O–H groups in total. The minimum absolute atomic E-state index is 0.0302. The molecule has 108 valence electrons. The maximum atomic E-state index is 11.7. The van der Waals surface area contributed by atoms with Crippen LogP contribution in [0.1, 0.15) is 23.4 Å². The van der Waals surface area contributed by atoms with Crippen molar-refractivity contribution < 1.29 is 9.21 Å². The lowest BCUT2D eigenvalue weighted by atomic mass is 10.2. The maximum absolute atomic E-state index is 11.7. The number of furan rings is 1. The van der Waals surface area contributed by atoms with E-state index >= 15 is 0 Å². The lowest BCUT2D eigenvalue weighted by molar-refractivity contribution is 0.237. The molecule has 0 saturated carbocycles. The predicted octanol–water partition coefficient (Wildman–Crippen LogP) is 2.52. The predicted molar refractivity (Wildman–Crippen MR) is 79.0 cm³/mol. The minimum atomic E-state index is -0.156. The topological polar surface area (TPSA) is 67.2 Å². The zero-order valence-corrected chi connectivity index (χ0v) is 12.5. The molecule has 2 aromatic rings. The van der Waals surface area contributed by atoms with E-state index in [0.717, 1.165) is 22.9 Å². The Morgan fingerprint density at radius 1 is 1.55 bits per heavy atom. The average Bonchev–Trinajstić information content (AvgIpc) is 3.01. The highest BCUT2D eigenvalue weighted by molar-refractivity contribution is 7.09. The Bertz CT molecular complexity index is 536. The van der Waals surface area contributed by atoms with E-state index in [-0.39, 0.29) is 12.1 Å². The number of rotatable bonds is 6. The molecule has 0 saturated heterocycles. The molecular weight excluding hydrogens is 274 g/mol. The van der Waals surface area contributed by atoms with E-state index in [2.05, 4.69) is 15.6 Å². The summed E-state index contributed by atoms with van der Waals surface area (Å²) < 4.78 is 5.25. The van der Waals surface area contributed by atoms with Gasteiger partial charge in [0.15, 0.2) is 0 Å². The van der Waals surface area contributed by atoms with Gasteiger partial charge in [-0.3, -0.25) is 0 Å². The van der Waals surface area contributed by atoms with Gasteiger partial charge in [0, 0.05) is 30.8 Å². The van der Waals surface area contributed by atoms with Crippen LogP contribution in [0.4, 0.5) is 4.79 Å². The van der Waals surface area contributed by atoms with E-state index in [1.165, 1.54) is 0 Å². The number of aromatic nitrogens is 1. The van der Waals surface area contributed by atoms with Gasteiger partial charge in [-0.05, 0) is 26.0 Å². The number of nitrogens with zero attached hydrogens (tertiary/aromatic N) is 1. The molecule has 0 fully saturated rings. The fourth-order valence-electron chi connectivity index (χ4n) is 1.88. The van der Waals surface area contributed by atoms with Gasteiger partial charge in [-0.1, -0.05) is 0 Å². The van der Waals surface area contributed by atoms with E-state index in [4.69, 9.17) is 4.42 Å². The summed E-state index contributed by atoms with van der Waals surface area (Å²) in [5.74, 6) is 0.871. The molecular formula is C14H19N3O2S. The molecule has 1 unspecified atom stereocenters. The van der Waals surface area contributed by atoms with Crippen molar-refractivity contribution in [1.82, 2.24) is 15.6 Å². The largest absolute Gasteiger partial charge is 0.469 e. The van der Waals surface area contributed by atoms with Gasteiger partial charge in [0.1, 0.15) is 5.76 Å². The lowest BCUT2D eigenvalue weighted by Gasteiger charge is -2.13. The van der Waals surface area contributed by atoms with Gasteiger partial charge in [0.2, 0.25) is 0 Å². The summed E-state index contributed by atoms with van der Waals surface area (Å²) in [6.45, 7) is 4.51. The van der Waals surface area contributed by atoms with E-state index in [1.54, 1.807) is 17.6 Å². The zero-order chi connectivity index (χ0) is 14.4. The first-order valence-corrected chi connectivity index (χ1v) is 7.49. The van der Waals surface area contributed by atoms with Crippen LogP contribution in [0.25, 0.3) is 0 Å². The highest BCUT2D eigenvalue weighted by Crippen LogP contribution is 2.07. The smallest absolute Gasteiger partial charge is 0.315 e. The van der Waals surface area contributed by atoms with Crippen LogP contribution in [0.15, 0.2) is 28.2 Å². The molecule has 2 amide bonds. The molecule has 20 heavy (non-hydrogen) atoms. The van der Waals surface area contributed by atoms with E-state index in [0.29, 0.717) is 13.0 Å². The Morgan fingerprint density at radius 2 is 2.40 bits per heavy atom. The highest BCUT2D eigenvalue weighted by atomic mass is 32.1. The van der Waals surface area contributed by atoms with Crippen molar-refractivity contribution in [2.45, 2.75) is 32.7 Å². The third kappa shape index (κ3) is 4.70. The Kier molecular flexibility index (Phi) is 5.17. The van der Waals surface area contributed by atoms with Gasteiger partial charge >= 0.3 is 6.03 Å². The molecule has 0 aliphatic carbocycles. The Balaban J connectivity index is 1.64. The molecule has 6 heteroatoms. The van der Waals surface area contributed by atoms with Crippen LogP contribution in [0, 0.1) is 6.92 Å². The normalized spacial score (nSPS) is 12.1. The molecule has 0 aliphatic heterocycles. The number of amides is 2. The molecule has 0 bridgehead atoms. The molecule has 5 nitrogen and oxygen atoms in total. The fraction of sp³-hybridized carbons (Fsp3) is 0.429. The van der Waals surface area contributed by atoms with Crippen molar-refractivity contribution in [2.75, 3.05) is 6.54 Å². The molecule has 2 heterocycles. The molecule has 1 atom stereocenters. The number of urea groups is 1. The number of carbonyl (C=O) groups excluding carboxylic acids is 1. The summed E-state index contributed by atoms with van der Waals surface area (Å²) in [6, 6.07) is 3.62. The second-order valence-corrected chi connectivity index (χ2v) is 5.75. The van der Waals surface area contributed by atoms with Crippen molar-refractivity contribution in [3.63, 3.8) is 0 Å². The molecule has 2 rings (SSSR count). The van der Waals surface area contributed by atoms with Crippen LogP contribution in [-0.4, -0.2) is 23.6 Å². The summed E-state index contributed by atoms with van der Waals surface area (Å²) in [6.07, 6.45) is 3.08. The molecule has 0 aliphatic rings. The second-order valence-electron chi connectivity index (χ2n) is 4.69. The van der Waals surface area contributed by atoms with Crippen LogP contribution >= 0.6 is 11.3 Å². The zero-order valence-electron chi connectivity index (χ0n) is 11.7. The number of thiazole rings is 1. The van der Waals surface area contributed by atoms with E-state index < -0.39 is 0 Å². The van der Waals surface area contributed by atoms with E-state index in [1.807, 2.05) is 31.4 Å². The van der Waals surface area contributed by atoms with Crippen molar-refractivity contribution in [3.05, 3.63) is 40.2 Å². The van der Waals surface area contributed by atoms with Gasteiger partial charge in [0.25, 0.3) is 0 Å². The van der Waals surface area contributed by atoms with Crippen LogP contribution in [0.3, 0.4) is 0 Å². The Labute approximate surface area is 122 Å². The third-order valence-electron chi connectivity index (χ3n) is 2.80. The highest BCUT2D eigenvalue weighted by Gasteiger charge is 2.09. The standard InChI is InChI=1S/C14H19N3O2S/c1-10(8-13-4-3-7-19-13)16-14(18)15-6-5-12-9-20-11(2)17-12/h3-4,7,9-10H,5-6,8H2,1-2H3,(H2,15,16,18). The Morgan fingerprint density at radius 3 is 3.05 bits per heavy atom. The fourth-order valence-corrected chi connectivity index (χ4v) is 2.53. The number of hydrogen-bond donors (Lipinski definition) is 2. The maximum Gasteiger partial charge on any atom is 0.315 e. The number of nitrogens with one attached hydrogen (secondary N) is 2. The first-order valence-electron chi connectivity index (χ1n) is 6.61. The van der Waals surface area contributed by atoms with Crippen molar-refractivity contribution in [1.29, 1.82) is 0 Å².